The fraction of sp³-hybridized carbons (Fsp3) is 0.105. The topological polar surface area (TPSA) is 50.3 Å². The molecule has 0 fully saturated rings. The standard InChI is InChI=1S/C19H12ClFN2O2/c1-10(23-18(24)13-4-2-3-5-14(13)19(23)25)15-8-11-6-7-12(21)9-16(11)22-17(15)20/h2-10H,1H3. The molecule has 1 aliphatic rings. The SMILES string of the molecule is CC(c1cc2ccc(F)cc2nc1Cl)N1C(=O)c2ccccc2C1=O. The van der Waals surface area contributed by atoms with E-state index in [1.54, 1.807) is 43.3 Å². The van der Waals surface area contributed by atoms with E-state index in [-0.39, 0.29) is 17.0 Å². The Morgan fingerprint density at radius 1 is 1.04 bits per heavy atom. The first-order valence-corrected chi connectivity index (χ1v) is 8.08. The van der Waals surface area contributed by atoms with Crippen molar-refractivity contribution in [2.24, 2.45) is 0 Å². The molecule has 1 atom stereocenters. The lowest BCUT2D eigenvalue weighted by Crippen LogP contribution is -2.32. The summed E-state index contributed by atoms with van der Waals surface area (Å²) >= 11 is 6.25. The normalized spacial score (nSPS) is 14.9. The molecule has 1 aliphatic heterocycles. The number of aromatic nitrogens is 1. The number of hydrogen-bond donors (Lipinski definition) is 0. The zero-order valence-electron chi connectivity index (χ0n) is 13.2. The summed E-state index contributed by atoms with van der Waals surface area (Å²) in [6.07, 6.45) is 0. The van der Waals surface area contributed by atoms with Crippen LogP contribution in [-0.4, -0.2) is 21.7 Å². The molecule has 6 heteroatoms. The molecule has 25 heavy (non-hydrogen) atoms. The van der Waals surface area contributed by atoms with Crippen molar-refractivity contribution in [3.63, 3.8) is 0 Å². The van der Waals surface area contributed by atoms with Gasteiger partial charge in [0.2, 0.25) is 0 Å². The predicted molar refractivity (Wildman–Crippen MR) is 92.1 cm³/mol. The molecule has 0 N–H and O–H groups in total. The maximum Gasteiger partial charge on any atom is 0.262 e. The number of nitrogens with zero attached hydrogens (tertiary/aromatic N) is 2. The van der Waals surface area contributed by atoms with Crippen LogP contribution in [-0.2, 0) is 0 Å². The van der Waals surface area contributed by atoms with Crippen molar-refractivity contribution in [2.75, 3.05) is 0 Å². The molecule has 0 bridgehead atoms. The second-order valence-electron chi connectivity index (χ2n) is 5.91. The Labute approximate surface area is 147 Å². The zero-order chi connectivity index (χ0) is 17.7. The fourth-order valence-corrected chi connectivity index (χ4v) is 3.43. The molecule has 1 unspecified atom stereocenters. The van der Waals surface area contributed by atoms with E-state index < -0.39 is 11.9 Å². The number of carbonyl (C=O) groups excluding carboxylic acids is 2. The van der Waals surface area contributed by atoms with E-state index in [1.807, 2.05) is 0 Å². The summed E-state index contributed by atoms with van der Waals surface area (Å²) in [5.74, 6) is -1.12. The van der Waals surface area contributed by atoms with Crippen LogP contribution >= 0.6 is 11.6 Å². The van der Waals surface area contributed by atoms with Crippen LogP contribution < -0.4 is 0 Å². The summed E-state index contributed by atoms with van der Waals surface area (Å²) < 4.78 is 13.3. The highest BCUT2D eigenvalue weighted by molar-refractivity contribution is 6.31. The highest BCUT2D eigenvalue weighted by atomic mass is 35.5. The minimum absolute atomic E-state index is 0.141. The van der Waals surface area contributed by atoms with Crippen molar-refractivity contribution < 1.29 is 14.0 Å². The van der Waals surface area contributed by atoms with E-state index in [9.17, 15) is 14.0 Å². The van der Waals surface area contributed by atoms with E-state index in [0.29, 0.717) is 27.6 Å². The third-order valence-corrected chi connectivity index (χ3v) is 4.73. The lowest BCUT2D eigenvalue weighted by molar-refractivity contribution is 0.0595. The number of benzene rings is 2. The summed E-state index contributed by atoms with van der Waals surface area (Å²) in [6, 6.07) is 12.0. The number of hydrogen-bond acceptors (Lipinski definition) is 3. The van der Waals surface area contributed by atoms with E-state index in [0.717, 1.165) is 0 Å². The summed E-state index contributed by atoms with van der Waals surface area (Å²) in [7, 11) is 0. The molecule has 2 heterocycles. The van der Waals surface area contributed by atoms with E-state index >= 15 is 0 Å². The lowest BCUT2D eigenvalue weighted by atomic mass is 10.1. The maximum atomic E-state index is 13.3. The molecule has 4 nitrogen and oxygen atoms in total. The molecule has 124 valence electrons. The first kappa shape index (κ1) is 15.7. The average molecular weight is 355 g/mol. The summed E-state index contributed by atoms with van der Waals surface area (Å²) in [5, 5.41) is 0.825. The third kappa shape index (κ3) is 2.39. The van der Waals surface area contributed by atoms with Crippen LogP contribution in [0.25, 0.3) is 10.9 Å². The Morgan fingerprint density at radius 3 is 2.32 bits per heavy atom. The number of fused-ring (bicyclic) bond motifs is 2. The van der Waals surface area contributed by atoms with Gasteiger partial charge >= 0.3 is 0 Å². The monoisotopic (exact) mass is 354 g/mol. The molecule has 4 rings (SSSR count). The number of amides is 2. The van der Waals surface area contributed by atoms with Crippen molar-refractivity contribution in [3.8, 4) is 0 Å². The van der Waals surface area contributed by atoms with Crippen LogP contribution in [0, 0.1) is 5.82 Å². The van der Waals surface area contributed by atoms with E-state index in [4.69, 9.17) is 11.6 Å². The highest BCUT2D eigenvalue weighted by Gasteiger charge is 2.39. The van der Waals surface area contributed by atoms with Crippen LogP contribution in [0.15, 0.2) is 48.5 Å². The molecule has 3 aromatic rings. The summed E-state index contributed by atoms with van der Waals surface area (Å²) in [4.78, 5) is 30.7. The van der Waals surface area contributed by atoms with E-state index in [2.05, 4.69) is 4.98 Å². The van der Waals surface area contributed by atoms with Crippen molar-refractivity contribution in [1.29, 1.82) is 0 Å². The first-order chi connectivity index (χ1) is 12.0. The number of rotatable bonds is 2. The van der Waals surface area contributed by atoms with Gasteiger partial charge in [-0.15, -0.1) is 0 Å². The van der Waals surface area contributed by atoms with Crippen LogP contribution in [0.2, 0.25) is 5.15 Å². The van der Waals surface area contributed by atoms with Gasteiger partial charge in [-0.2, -0.15) is 0 Å². The largest absolute Gasteiger partial charge is 0.269 e. The van der Waals surface area contributed by atoms with Crippen molar-refractivity contribution in [1.82, 2.24) is 9.88 Å². The first-order valence-electron chi connectivity index (χ1n) is 7.70. The quantitative estimate of drug-likeness (QED) is 0.506. The number of carbonyl (C=O) groups is 2. The lowest BCUT2D eigenvalue weighted by Gasteiger charge is -2.23. The van der Waals surface area contributed by atoms with Crippen LogP contribution in [0.4, 0.5) is 4.39 Å². The van der Waals surface area contributed by atoms with Gasteiger partial charge in [0, 0.05) is 17.0 Å². The molecule has 2 amide bonds. The maximum absolute atomic E-state index is 13.3. The molecule has 0 aliphatic carbocycles. The molecular weight excluding hydrogens is 343 g/mol. The average Bonchev–Trinajstić information content (AvgIpc) is 2.85. The van der Waals surface area contributed by atoms with Gasteiger partial charge < -0.3 is 0 Å². The Kier molecular flexibility index (Phi) is 3.54. The Hall–Kier alpha value is -2.79. The van der Waals surface area contributed by atoms with Crippen molar-refractivity contribution >= 4 is 34.3 Å². The number of pyridine rings is 1. The second kappa shape index (κ2) is 5.63. The van der Waals surface area contributed by atoms with Gasteiger partial charge in [0.15, 0.2) is 0 Å². The van der Waals surface area contributed by atoms with Gasteiger partial charge in [-0.1, -0.05) is 23.7 Å². The van der Waals surface area contributed by atoms with Crippen LogP contribution in [0.5, 0.6) is 0 Å². The minimum Gasteiger partial charge on any atom is -0.269 e. The summed E-state index contributed by atoms with van der Waals surface area (Å²) in [5.41, 5.74) is 1.72. The van der Waals surface area contributed by atoms with E-state index in [1.165, 1.54) is 17.0 Å². The molecular formula is C19H12ClFN2O2. The highest BCUT2D eigenvalue weighted by Crippen LogP contribution is 2.34. The molecule has 0 saturated heterocycles. The van der Waals surface area contributed by atoms with Gasteiger partial charge in [0.1, 0.15) is 11.0 Å². The zero-order valence-corrected chi connectivity index (χ0v) is 13.9. The van der Waals surface area contributed by atoms with Crippen LogP contribution in [0.3, 0.4) is 0 Å². The van der Waals surface area contributed by atoms with Crippen molar-refractivity contribution in [2.45, 2.75) is 13.0 Å². The molecule has 0 radical (unpaired) electrons. The molecule has 0 saturated carbocycles. The predicted octanol–water partition coefficient (Wildman–Crippen LogP) is 4.38. The van der Waals surface area contributed by atoms with Gasteiger partial charge in [-0.25, -0.2) is 9.37 Å². The Morgan fingerprint density at radius 2 is 1.68 bits per heavy atom. The molecule has 2 aromatic carbocycles. The molecule has 1 aromatic heterocycles. The number of imide groups is 1. The Bertz CT molecular complexity index is 1020. The minimum atomic E-state index is -0.596. The van der Waals surface area contributed by atoms with Gasteiger partial charge in [0.05, 0.1) is 22.7 Å². The smallest absolute Gasteiger partial charge is 0.262 e. The van der Waals surface area contributed by atoms with Crippen LogP contribution in [0.1, 0.15) is 39.2 Å². The number of halogens is 2. The third-order valence-electron chi connectivity index (χ3n) is 4.42. The second-order valence-corrected chi connectivity index (χ2v) is 6.27. The van der Waals surface area contributed by atoms with Crippen molar-refractivity contribution in [3.05, 3.63) is 76.2 Å². The summed E-state index contributed by atoms with van der Waals surface area (Å²) in [6.45, 7) is 1.72. The fourth-order valence-electron chi connectivity index (χ4n) is 3.12. The Balaban J connectivity index is 1.79. The van der Waals surface area contributed by atoms with Gasteiger partial charge in [-0.05, 0) is 37.3 Å². The molecule has 0 spiro atoms. The van der Waals surface area contributed by atoms with Gasteiger partial charge in [-0.3, -0.25) is 14.5 Å². The van der Waals surface area contributed by atoms with Gasteiger partial charge in [0.25, 0.3) is 11.8 Å².